The number of aryl methyl sites for hydroxylation is 1. The van der Waals surface area contributed by atoms with E-state index in [9.17, 15) is 0 Å². The minimum atomic E-state index is 0.703. The number of rotatable bonds is 2. The minimum Gasteiger partial charge on any atom is -0.441 e. The van der Waals surface area contributed by atoms with Crippen LogP contribution in [0.15, 0.2) is 46.9 Å². The van der Waals surface area contributed by atoms with E-state index in [0.717, 1.165) is 23.2 Å². The summed E-state index contributed by atoms with van der Waals surface area (Å²) in [5, 5.41) is 0. The number of nitrogens with two attached hydrogens (primary N) is 1. The summed E-state index contributed by atoms with van der Waals surface area (Å²) in [4.78, 5) is 4.34. The van der Waals surface area contributed by atoms with E-state index in [2.05, 4.69) is 17.1 Å². The van der Waals surface area contributed by atoms with Crippen LogP contribution in [0.4, 0.5) is 5.69 Å². The first-order valence-corrected chi connectivity index (χ1v) is 5.91. The van der Waals surface area contributed by atoms with Crippen molar-refractivity contribution in [1.82, 2.24) is 4.98 Å². The molecule has 0 aliphatic heterocycles. The van der Waals surface area contributed by atoms with Crippen LogP contribution in [0.3, 0.4) is 0 Å². The number of hydrogen-bond acceptors (Lipinski definition) is 3. The van der Waals surface area contributed by atoms with Gasteiger partial charge in [-0.1, -0.05) is 18.2 Å². The third-order valence-corrected chi connectivity index (χ3v) is 2.95. The van der Waals surface area contributed by atoms with Gasteiger partial charge in [0.1, 0.15) is 5.52 Å². The molecule has 0 bridgehead atoms. The van der Waals surface area contributed by atoms with E-state index < -0.39 is 0 Å². The van der Waals surface area contributed by atoms with Crippen molar-refractivity contribution in [2.75, 3.05) is 5.73 Å². The molecule has 3 rings (SSSR count). The van der Waals surface area contributed by atoms with Crippen molar-refractivity contribution in [3.05, 3.63) is 59.5 Å². The van der Waals surface area contributed by atoms with Crippen molar-refractivity contribution in [2.45, 2.75) is 13.3 Å². The Morgan fingerprint density at radius 2 is 1.78 bits per heavy atom. The zero-order chi connectivity index (χ0) is 12.5. The van der Waals surface area contributed by atoms with Gasteiger partial charge in [0.05, 0.1) is 0 Å². The summed E-state index contributed by atoms with van der Waals surface area (Å²) in [5.74, 6) is 0.703. The Kier molecular flexibility index (Phi) is 2.52. The van der Waals surface area contributed by atoms with E-state index in [4.69, 9.17) is 10.2 Å². The topological polar surface area (TPSA) is 52.0 Å². The third kappa shape index (κ3) is 2.07. The van der Waals surface area contributed by atoms with E-state index in [1.165, 1.54) is 11.1 Å². The Morgan fingerprint density at radius 1 is 1.06 bits per heavy atom. The maximum Gasteiger partial charge on any atom is 0.192 e. The molecule has 0 aliphatic carbocycles. The Morgan fingerprint density at radius 3 is 2.56 bits per heavy atom. The molecule has 0 saturated heterocycles. The van der Waals surface area contributed by atoms with Gasteiger partial charge >= 0.3 is 0 Å². The van der Waals surface area contributed by atoms with Crippen LogP contribution in [0.25, 0.3) is 11.1 Å². The Bertz CT molecular complexity index is 683. The average molecular weight is 238 g/mol. The fourth-order valence-electron chi connectivity index (χ4n) is 2.07. The van der Waals surface area contributed by atoms with Gasteiger partial charge in [-0.25, -0.2) is 4.98 Å². The molecule has 1 heterocycles. The Hall–Kier alpha value is -2.29. The highest BCUT2D eigenvalue weighted by Crippen LogP contribution is 2.19. The molecule has 3 heteroatoms. The van der Waals surface area contributed by atoms with Crippen LogP contribution in [0.1, 0.15) is 17.0 Å². The number of fused-ring (bicyclic) bond motifs is 1. The second-order valence-corrected chi connectivity index (χ2v) is 4.45. The third-order valence-electron chi connectivity index (χ3n) is 2.95. The van der Waals surface area contributed by atoms with Crippen molar-refractivity contribution in [3.8, 4) is 0 Å². The minimum absolute atomic E-state index is 0.703. The highest BCUT2D eigenvalue weighted by atomic mass is 16.3. The number of aromatic nitrogens is 1. The second kappa shape index (κ2) is 4.18. The standard InChI is InChI=1S/C15H14N2O/c1-10-17-14-9-12(4-7-15(14)18-10)8-11-2-5-13(16)6-3-11/h2-7,9H,8,16H2,1H3. The maximum absolute atomic E-state index is 5.67. The van der Waals surface area contributed by atoms with E-state index in [-0.39, 0.29) is 0 Å². The SMILES string of the molecule is Cc1nc2cc(Cc3ccc(N)cc3)ccc2o1. The highest BCUT2D eigenvalue weighted by Gasteiger charge is 2.03. The Balaban J connectivity index is 1.92. The van der Waals surface area contributed by atoms with Gasteiger partial charge in [0.2, 0.25) is 0 Å². The van der Waals surface area contributed by atoms with Gasteiger partial charge in [-0.3, -0.25) is 0 Å². The first kappa shape index (κ1) is 10.8. The first-order chi connectivity index (χ1) is 8.70. The predicted octanol–water partition coefficient (Wildman–Crippen LogP) is 3.31. The number of benzene rings is 2. The van der Waals surface area contributed by atoms with Gasteiger partial charge in [-0.2, -0.15) is 0 Å². The summed E-state index contributed by atoms with van der Waals surface area (Å²) in [6.45, 7) is 1.86. The molecule has 0 atom stereocenters. The summed E-state index contributed by atoms with van der Waals surface area (Å²) in [7, 11) is 0. The van der Waals surface area contributed by atoms with Crippen molar-refractivity contribution >= 4 is 16.8 Å². The van der Waals surface area contributed by atoms with Gasteiger partial charge in [0, 0.05) is 12.6 Å². The molecule has 18 heavy (non-hydrogen) atoms. The molecule has 90 valence electrons. The number of nitrogens with zero attached hydrogens (tertiary/aromatic N) is 1. The molecular weight excluding hydrogens is 224 g/mol. The van der Waals surface area contributed by atoms with Crippen molar-refractivity contribution < 1.29 is 4.42 Å². The van der Waals surface area contributed by atoms with Crippen molar-refractivity contribution in [1.29, 1.82) is 0 Å². The van der Waals surface area contributed by atoms with Gasteiger partial charge in [-0.15, -0.1) is 0 Å². The number of nitrogen functional groups attached to an aromatic ring is 1. The monoisotopic (exact) mass is 238 g/mol. The van der Waals surface area contributed by atoms with Crippen LogP contribution in [-0.2, 0) is 6.42 Å². The highest BCUT2D eigenvalue weighted by molar-refractivity contribution is 5.73. The summed E-state index contributed by atoms with van der Waals surface area (Å²) in [5.41, 5.74) is 10.7. The first-order valence-electron chi connectivity index (χ1n) is 5.91. The van der Waals surface area contributed by atoms with Crippen LogP contribution in [0.2, 0.25) is 0 Å². The van der Waals surface area contributed by atoms with Gasteiger partial charge in [0.15, 0.2) is 11.5 Å². The molecule has 2 aromatic carbocycles. The lowest BCUT2D eigenvalue weighted by Gasteiger charge is -2.02. The van der Waals surface area contributed by atoms with Crippen LogP contribution < -0.4 is 5.73 Å². The van der Waals surface area contributed by atoms with E-state index >= 15 is 0 Å². The fourth-order valence-corrected chi connectivity index (χ4v) is 2.07. The van der Waals surface area contributed by atoms with Crippen LogP contribution in [0.5, 0.6) is 0 Å². The van der Waals surface area contributed by atoms with Crippen LogP contribution >= 0.6 is 0 Å². The zero-order valence-corrected chi connectivity index (χ0v) is 10.2. The Labute approximate surface area is 105 Å². The van der Waals surface area contributed by atoms with Crippen molar-refractivity contribution in [3.63, 3.8) is 0 Å². The normalized spacial score (nSPS) is 10.9. The second-order valence-electron chi connectivity index (χ2n) is 4.45. The summed E-state index contributed by atoms with van der Waals surface area (Å²) in [6, 6.07) is 14.1. The van der Waals surface area contributed by atoms with E-state index in [0.29, 0.717) is 5.89 Å². The van der Waals surface area contributed by atoms with E-state index in [1.54, 1.807) is 0 Å². The number of anilines is 1. The molecule has 0 aliphatic rings. The molecular formula is C15H14N2O. The van der Waals surface area contributed by atoms with E-state index in [1.807, 2.05) is 37.3 Å². The summed E-state index contributed by atoms with van der Waals surface area (Å²) >= 11 is 0. The van der Waals surface area contributed by atoms with Crippen LogP contribution in [-0.4, -0.2) is 4.98 Å². The lowest BCUT2D eigenvalue weighted by molar-refractivity contribution is 0.561. The quantitative estimate of drug-likeness (QED) is 0.697. The fraction of sp³-hybridized carbons (Fsp3) is 0.133. The molecule has 3 aromatic rings. The lowest BCUT2D eigenvalue weighted by Crippen LogP contribution is -1.89. The molecule has 0 saturated carbocycles. The zero-order valence-electron chi connectivity index (χ0n) is 10.2. The molecule has 0 spiro atoms. The maximum atomic E-state index is 5.67. The molecule has 1 aromatic heterocycles. The molecule has 3 nitrogen and oxygen atoms in total. The van der Waals surface area contributed by atoms with Crippen molar-refractivity contribution in [2.24, 2.45) is 0 Å². The summed E-state index contributed by atoms with van der Waals surface area (Å²) in [6.07, 6.45) is 0.877. The van der Waals surface area contributed by atoms with Gasteiger partial charge < -0.3 is 10.2 Å². The smallest absolute Gasteiger partial charge is 0.192 e. The van der Waals surface area contributed by atoms with Gasteiger partial charge in [-0.05, 0) is 41.8 Å². The lowest BCUT2D eigenvalue weighted by atomic mass is 10.0. The molecule has 0 radical (unpaired) electrons. The largest absolute Gasteiger partial charge is 0.441 e. The average Bonchev–Trinajstić information content (AvgIpc) is 2.71. The van der Waals surface area contributed by atoms with Crippen LogP contribution in [0, 0.1) is 6.92 Å². The molecule has 0 unspecified atom stereocenters. The predicted molar refractivity (Wildman–Crippen MR) is 72.4 cm³/mol. The molecule has 0 fully saturated rings. The number of oxazole rings is 1. The number of hydrogen-bond donors (Lipinski definition) is 1. The molecule has 2 N–H and O–H groups in total. The van der Waals surface area contributed by atoms with Gasteiger partial charge in [0.25, 0.3) is 0 Å². The molecule has 0 amide bonds. The summed E-state index contributed by atoms with van der Waals surface area (Å²) < 4.78 is 5.46.